The number of amides is 2. The summed E-state index contributed by atoms with van der Waals surface area (Å²) in [5.74, 6) is -0.0993. The lowest BCUT2D eigenvalue weighted by atomic mass is 10.4. The third-order valence-electron chi connectivity index (χ3n) is 1.73. The van der Waals surface area contributed by atoms with Crippen molar-refractivity contribution in [1.29, 1.82) is 0 Å². The molecule has 5 nitrogen and oxygen atoms in total. The zero-order valence-electron chi connectivity index (χ0n) is 9.38. The Morgan fingerprint density at radius 2 is 2.07 bits per heavy atom. The van der Waals surface area contributed by atoms with Crippen LogP contribution in [0.1, 0.15) is 6.42 Å². The van der Waals surface area contributed by atoms with E-state index in [1.54, 1.807) is 20.2 Å². The predicted molar refractivity (Wildman–Crippen MR) is 59.4 cm³/mol. The molecule has 86 valence electrons. The fourth-order valence-corrected chi connectivity index (χ4v) is 0.883. The van der Waals surface area contributed by atoms with Gasteiger partial charge in [0.05, 0.1) is 6.54 Å². The van der Waals surface area contributed by atoms with Crippen molar-refractivity contribution in [3.8, 4) is 0 Å². The van der Waals surface area contributed by atoms with Crippen molar-refractivity contribution >= 4 is 11.8 Å². The molecular weight excluding hydrogens is 194 g/mol. The van der Waals surface area contributed by atoms with Gasteiger partial charge >= 0.3 is 0 Å². The van der Waals surface area contributed by atoms with Crippen LogP contribution in [0.4, 0.5) is 0 Å². The van der Waals surface area contributed by atoms with Gasteiger partial charge in [0.15, 0.2) is 0 Å². The van der Waals surface area contributed by atoms with Crippen LogP contribution < -0.4 is 10.6 Å². The Kier molecular flexibility index (Phi) is 7.27. The summed E-state index contributed by atoms with van der Waals surface area (Å²) in [6.07, 6.45) is 2.02. The van der Waals surface area contributed by atoms with Crippen LogP contribution in [0.15, 0.2) is 12.7 Å². The molecule has 0 spiro atoms. The van der Waals surface area contributed by atoms with Gasteiger partial charge in [0.25, 0.3) is 0 Å². The van der Waals surface area contributed by atoms with Gasteiger partial charge < -0.3 is 15.5 Å². The molecule has 2 N–H and O–H groups in total. The first-order valence-corrected chi connectivity index (χ1v) is 4.86. The lowest BCUT2D eigenvalue weighted by Crippen LogP contribution is -2.36. The standard InChI is InChI=1S/C10H19N3O2/c1-4-6-11-8-9(14)12-7-5-10(15)13(2)3/h4,11H,1,5-8H2,2-3H3,(H,12,14). The molecule has 0 heterocycles. The Hall–Kier alpha value is -1.36. The average Bonchev–Trinajstić information content (AvgIpc) is 2.18. The average molecular weight is 213 g/mol. The highest BCUT2D eigenvalue weighted by Crippen LogP contribution is 1.84. The monoisotopic (exact) mass is 213 g/mol. The van der Waals surface area contributed by atoms with Gasteiger partial charge in [-0.25, -0.2) is 0 Å². The third kappa shape index (κ3) is 7.69. The molecule has 0 aromatic heterocycles. The minimum atomic E-state index is -0.108. The van der Waals surface area contributed by atoms with E-state index < -0.39 is 0 Å². The first kappa shape index (κ1) is 13.6. The molecule has 5 heteroatoms. The SMILES string of the molecule is C=CCNCC(=O)NCCC(=O)N(C)C. The highest BCUT2D eigenvalue weighted by molar-refractivity contribution is 5.79. The van der Waals surface area contributed by atoms with Crippen LogP contribution in [0.25, 0.3) is 0 Å². The molecule has 0 saturated heterocycles. The number of rotatable bonds is 7. The molecule has 0 aromatic carbocycles. The second-order valence-electron chi connectivity index (χ2n) is 3.31. The number of carbonyl (C=O) groups excluding carboxylic acids is 2. The van der Waals surface area contributed by atoms with E-state index in [1.807, 2.05) is 0 Å². The second kappa shape index (κ2) is 7.99. The molecule has 0 aliphatic rings. The largest absolute Gasteiger partial charge is 0.354 e. The van der Waals surface area contributed by atoms with Gasteiger partial charge in [-0.2, -0.15) is 0 Å². The fraction of sp³-hybridized carbons (Fsp3) is 0.600. The van der Waals surface area contributed by atoms with Crippen LogP contribution in [0, 0.1) is 0 Å². The van der Waals surface area contributed by atoms with Crippen molar-refractivity contribution in [3.63, 3.8) is 0 Å². The van der Waals surface area contributed by atoms with E-state index in [0.29, 0.717) is 19.5 Å². The van der Waals surface area contributed by atoms with E-state index in [4.69, 9.17) is 0 Å². The molecule has 0 fully saturated rings. The van der Waals surface area contributed by atoms with Gasteiger partial charge in [-0.3, -0.25) is 9.59 Å². The summed E-state index contributed by atoms with van der Waals surface area (Å²) in [6, 6.07) is 0. The van der Waals surface area contributed by atoms with Gasteiger partial charge in [0.1, 0.15) is 0 Å². The molecule has 0 unspecified atom stereocenters. The van der Waals surface area contributed by atoms with Crippen LogP contribution >= 0.6 is 0 Å². The Morgan fingerprint density at radius 3 is 2.60 bits per heavy atom. The summed E-state index contributed by atoms with van der Waals surface area (Å²) in [4.78, 5) is 23.8. The van der Waals surface area contributed by atoms with Crippen molar-refractivity contribution in [2.24, 2.45) is 0 Å². The summed E-state index contributed by atoms with van der Waals surface area (Å²) in [5.41, 5.74) is 0. The summed E-state index contributed by atoms with van der Waals surface area (Å²) in [7, 11) is 3.38. The van der Waals surface area contributed by atoms with Gasteiger partial charge in [0, 0.05) is 33.6 Å². The summed E-state index contributed by atoms with van der Waals surface area (Å²) < 4.78 is 0. The molecular formula is C10H19N3O2. The van der Waals surface area contributed by atoms with Crippen molar-refractivity contribution in [3.05, 3.63) is 12.7 Å². The van der Waals surface area contributed by atoms with E-state index in [1.165, 1.54) is 4.90 Å². The smallest absolute Gasteiger partial charge is 0.233 e. The molecule has 2 amide bonds. The maximum Gasteiger partial charge on any atom is 0.233 e. The molecule has 0 radical (unpaired) electrons. The summed E-state index contributed by atoms with van der Waals surface area (Å²) in [6.45, 7) is 4.75. The molecule has 0 aliphatic heterocycles. The van der Waals surface area contributed by atoms with Gasteiger partial charge in [-0.1, -0.05) is 6.08 Å². The van der Waals surface area contributed by atoms with Crippen LogP contribution in [-0.2, 0) is 9.59 Å². The van der Waals surface area contributed by atoms with Crippen molar-refractivity contribution in [1.82, 2.24) is 15.5 Å². The Labute approximate surface area is 90.5 Å². The molecule has 0 saturated carbocycles. The number of hydrogen-bond donors (Lipinski definition) is 2. The maximum atomic E-state index is 11.1. The summed E-state index contributed by atoms with van der Waals surface area (Å²) in [5, 5.41) is 5.51. The van der Waals surface area contributed by atoms with Gasteiger partial charge in [-0.15, -0.1) is 6.58 Å². The maximum absolute atomic E-state index is 11.1. The van der Waals surface area contributed by atoms with Crippen molar-refractivity contribution < 1.29 is 9.59 Å². The highest BCUT2D eigenvalue weighted by Gasteiger charge is 2.04. The minimum absolute atomic E-state index is 0.00866. The van der Waals surface area contributed by atoms with Crippen molar-refractivity contribution in [2.75, 3.05) is 33.7 Å². The first-order valence-electron chi connectivity index (χ1n) is 4.86. The highest BCUT2D eigenvalue weighted by atomic mass is 16.2. The molecule has 0 aromatic rings. The third-order valence-corrected chi connectivity index (χ3v) is 1.73. The Morgan fingerprint density at radius 1 is 1.40 bits per heavy atom. The number of carbonyl (C=O) groups is 2. The van der Waals surface area contributed by atoms with Crippen LogP contribution in [0.2, 0.25) is 0 Å². The Bertz CT molecular complexity index is 227. The number of hydrogen-bond acceptors (Lipinski definition) is 3. The van der Waals surface area contributed by atoms with E-state index in [2.05, 4.69) is 17.2 Å². The van der Waals surface area contributed by atoms with E-state index in [-0.39, 0.29) is 18.4 Å². The molecule has 0 rings (SSSR count). The number of nitrogens with zero attached hydrogens (tertiary/aromatic N) is 1. The van der Waals surface area contributed by atoms with Gasteiger partial charge in [0.2, 0.25) is 11.8 Å². The molecule has 0 aliphatic carbocycles. The lowest BCUT2D eigenvalue weighted by Gasteiger charge is -2.10. The number of nitrogens with one attached hydrogen (secondary N) is 2. The van der Waals surface area contributed by atoms with Crippen LogP contribution in [-0.4, -0.2) is 50.4 Å². The zero-order chi connectivity index (χ0) is 11.7. The topological polar surface area (TPSA) is 61.4 Å². The lowest BCUT2D eigenvalue weighted by molar-refractivity contribution is -0.128. The predicted octanol–water partition coefficient (Wildman–Crippen LogP) is -0.643. The minimum Gasteiger partial charge on any atom is -0.354 e. The van der Waals surface area contributed by atoms with Crippen LogP contribution in [0.3, 0.4) is 0 Å². The first-order chi connectivity index (χ1) is 7.07. The van der Waals surface area contributed by atoms with E-state index >= 15 is 0 Å². The molecule has 0 bridgehead atoms. The quantitative estimate of drug-likeness (QED) is 0.437. The summed E-state index contributed by atoms with van der Waals surface area (Å²) >= 11 is 0. The van der Waals surface area contributed by atoms with Gasteiger partial charge in [-0.05, 0) is 0 Å². The van der Waals surface area contributed by atoms with Crippen molar-refractivity contribution in [2.45, 2.75) is 6.42 Å². The second-order valence-corrected chi connectivity index (χ2v) is 3.31. The van der Waals surface area contributed by atoms with E-state index in [9.17, 15) is 9.59 Å². The van der Waals surface area contributed by atoms with Crippen LogP contribution in [0.5, 0.6) is 0 Å². The fourth-order valence-electron chi connectivity index (χ4n) is 0.883. The zero-order valence-corrected chi connectivity index (χ0v) is 9.38. The molecule has 0 atom stereocenters. The molecule has 15 heavy (non-hydrogen) atoms. The van der Waals surface area contributed by atoms with E-state index in [0.717, 1.165) is 0 Å². The Balaban J connectivity index is 3.46. The normalized spacial score (nSPS) is 9.47.